The molecule has 22 heavy (non-hydrogen) atoms. The van der Waals surface area contributed by atoms with Crippen LogP contribution >= 0.6 is 12.4 Å². The van der Waals surface area contributed by atoms with E-state index in [0.29, 0.717) is 6.04 Å². The summed E-state index contributed by atoms with van der Waals surface area (Å²) < 4.78 is 11.2. The van der Waals surface area contributed by atoms with Crippen LogP contribution in [0.15, 0.2) is 36.5 Å². The Hall–Kier alpha value is -2.13. The molecule has 3 nitrogen and oxygen atoms in total. The lowest BCUT2D eigenvalue weighted by atomic mass is 9.78. The monoisotopic (exact) mass is 315 g/mol. The van der Waals surface area contributed by atoms with Crippen LogP contribution in [0.4, 0.5) is 0 Å². The van der Waals surface area contributed by atoms with Crippen LogP contribution in [0.25, 0.3) is 17.2 Å². The number of hydrogen-bond donors (Lipinski definition) is 1. The Morgan fingerprint density at radius 3 is 2.73 bits per heavy atom. The molecule has 0 fully saturated rings. The Balaban J connectivity index is 0.00000144. The molecular formula is C18H18ClNO2. The van der Waals surface area contributed by atoms with Crippen molar-refractivity contribution in [2.24, 2.45) is 0 Å². The van der Waals surface area contributed by atoms with E-state index in [9.17, 15) is 0 Å². The summed E-state index contributed by atoms with van der Waals surface area (Å²) in [7, 11) is 3.40. The van der Waals surface area contributed by atoms with Gasteiger partial charge in [-0.15, -0.1) is 12.4 Å². The van der Waals surface area contributed by atoms with Crippen molar-refractivity contribution in [3.8, 4) is 22.6 Å². The molecular weight excluding hydrogens is 298 g/mol. The molecule has 114 valence electrons. The summed E-state index contributed by atoms with van der Waals surface area (Å²) in [4.78, 5) is 0. The first-order chi connectivity index (χ1) is 10.3. The third-order valence-corrected chi connectivity index (χ3v) is 4.36. The Morgan fingerprint density at radius 2 is 1.95 bits per heavy atom. The molecule has 2 aromatic rings. The van der Waals surface area contributed by atoms with Gasteiger partial charge in [-0.3, -0.25) is 0 Å². The quantitative estimate of drug-likeness (QED) is 0.910. The van der Waals surface area contributed by atoms with Crippen LogP contribution < -0.4 is 14.8 Å². The molecule has 4 heteroatoms. The fourth-order valence-electron chi connectivity index (χ4n) is 3.47. The first kappa shape index (κ1) is 14.8. The molecule has 0 amide bonds. The van der Waals surface area contributed by atoms with Crippen molar-refractivity contribution >= 4 is 18.5 Å². The average molecular weight is 316 g/mol. The lowest BCUT2D eigenvalue weighted by molar-refractivity contribution is 0.354. The standard InChI is InChI=1S/C18H17NO2.ClH/c1-20-15-10-12-7-8-19-14-9-11-5-3-4-6-13(11)17(16(12)14)18(15)21-2;/h3-8,10,14,19H,9H2,1-2H3;1H/t14-;/m1./s1. The second kappa shape index (κ2) is 5.58. The zero-order valence-corrected chi connectivity index (χ0v) is 13.4. The number of hydrogen-bond acceptors (Lipinski definition) is 3. The third-order valence-electron chi connectivity index (χ3n) is 4.36. The Kier molecular flexibility index (Phi) is 3.75. The van der Waals surface area contributed by atoms with Gasteiger partial charge >= 0.3 is 0 Å². The molecule has 0 saturated carbocycles. The second-order valence-corrected chi connectivity index (χ2v) is 5.40. The summed E-state index contributed by atoms with van der Waals surface area (Å²) in [6.45, 7) is 0. The molecule has 0 aromatic heterocycles. The summed E-state index contributed by atoms with van der Waals surface area (Å²) in [5.74, 6) is 1.61. The summed E-state index contributed by atoms with van der Waals surface area (Å²) in [5, 5.41) is 3.47. The van der Waals surface area contributed by atoms with E-state index in [4.69, 9.17) is 9.47 Å². The lowest BCUT2D eigenvalue weighted by Crippen LogP contribution is -2.26. The van der Waals surface area contributed by atoms with E-state index < -0.39 is 0 Å². The van der Waals surface area contributed by atoms with E-state index in [1.54, 1.807) is 14.2 Å². The van der Waals surface area contributed by atoms with E-state index in [2.05, 4.69) is 41.7 Å². The molecule has 4 rings (SSSR count). The van der Waals surface area contributed by atoms with E-state index in [-0.39, 0.29) is 12.4 Å². The van der Waals surface area contributed by atoms with Crippen LogP contribution in [0.1, 0.15) is 22.7 Å². The molecule has 2 aliphatic rings. The van der Waals surface area contributed by atoms with Crippen LogP contribution in [0.2, 0.25) is 0 Å². The fraction of sp³-hybridized carbons (Fsp3) is 0.222. The number of benzene rings is 2. The molecule has 0 unspecified atom stereocenters. The Labute approximate surface area is 136 Å². The number of fused-ring (bicyclic) bond motifs is 2. The predicted octanol–water partition coefficient (Wildman–Crippen LogP) is 3.96. The smallest absolute Gasteiger partial charge is 0.168 e. The van der Waals surface area contributed by atoms with Crippen LogP contribution in [0.5, 0.6) is 11.5 Å². The summed E-state index contributed by atoms with van der Waals surface area (Å²) >= 11 is 0. The van der Waals surface area contributed by atoms with Gasteiger partial charge in [0.2, 0.25) is 0 Å². The molecule has 1 heterocycles. The van der Waals surface area contributed by atoms with Gasteiger partial charge in [-0.05, 0) is 47.0 Å². The van der Waals surface area contributed by atoms with E-state index in [1.165, 1.54) is 22.3 Å². The van der Waals surface area contributed by atoms with Gasteiger partial charge in [-0.25, -0.2) is 0 Å². The van der Waals surface area contributed by atoms with Crippen LogP contribution in [-0.4, -0.2) is 14.2 Å². The molecule has 0 radical (unpaired) electrons. The topological polar surface area (TPSA) is 30.5 Å². The van der Waals surface area contributed by atoms with Gasteiger partial charge in [0, 0.05) is 5.56 Å². The van der Waals surface area contributed by atoms with Crippen LogP contribution in [0, 0.1) is 0 Å². The number of rotatable bonds is 2. The van der Waals surface area contributed by atoms with Gasteiger partial charge in [0.1, 0.15) is 0 Å². The SMILES string of the molecule is COc1cc2c3c(c1OC)-c1ccccc1C[C@H]3NC=C2.Cl. The maximum absolute atomic E-state index is 5.69. The molecule has 1 aliphatic carbocycles. The normalized spacial score (nSPS) is 16.7. The maximum atomic E-state index is 5.69. The zero-order valence-electron chi connectivity index (χ0n) is 12.6. The van der Waals surface area contributed by atoms with Crippen LogP contribution in [-0.2, 0) is 6.42 Å². The molecule has 0 saturated heterocycles. The molecule has 0 bridgehead atoms. The van der Waals surface area contributed by atoms with Crippen molar-refractivity contribution in [1.29, 1.82) is 0 Å². The largest absolute Gasteiger partial charge is 0.493 e. The summed E-state index contributed by atoms with van der Waals surface area (Å²) in [6, 6.07) is 10.9. The highest BCUT2D eigenvalue weighted by atomic mass is 35.5. The predicted molar refractivity (Wildman–Crippen MR) is 90.8 cm³/mol. The third kappa shape index (κ3) is 1.97. The molecule has 2 aromatic carbocycles. The molecule has 1 atom stereocenters. The van der Waals surface area contributed by atoms with Gasteiger partial charge in [0.15, 0.2) is 11.5 Å². The minimum absolute atomic E-state index is 0. The Bertz CT molecular complexity index is 755. The van der Waals surface area contributed by atoms with Gasteiger partial charge in [-0.2, -0.15) is 0 Å². The van der Waals surface area contributed by atoms with Gasteiger partial charge in [0.25, 0.3) is 0 Å². The van der Waals surface area contributed by atoms with Gasteiger partial charge in [-0.1, -0.05) is 24.3 Å². The minimum Gasteiger partial charge on any atom is -0.493 e. The summed E-state index contributed by atoms with van der Waals surface area (Å²) in [6.07, 6.45) is 5.12. The van der Waals surface area contributed by atoms with E-state index >= 15 is 0 Å². The van der Waals surface area contributed by atoms with Gasteiger partial charge in [0.05, 0.1) is 20.3 Å². The van der Waals surface area contributed by atoms with Crippen molar-refractivity contribution in [2.45, 2.75) is 12.5 Å². The van der Waals surface area contributed by atoms with Crippen molar-refractivity contribution in [1.82, 2.24) is 5.32 Å². The van der Waals surface area contributed by atoms with Crippen LogP contribution in [0.3, 0.4) is 0 Å². The number of nitrogens with one attached hydrogen (secondary N) is 1. The highest BCUT2D eigenvalue weighted by Crippen LogP contribution is 2.50. The average Bonchev–Trinajstić information content (AvgIpc) is 2.54. The highest BCUT2D eigenvalue weighted by Gasteiger charge is 2.32. The van der Waals surface area contributed by atoms with Crippen molar-refractivity contribution < 1.29 is 9.47 Å². The number of halogens is 1. The van der Waals surface area contributed by atoms with Gasteiger partial charge < -0.3 is 14.8 Å². The van der Waals surface area contributed by atoms with Crippen molar-refractivity contribution in [2.75, 3.05) is 14.2 Å². The lowest BCUT2D eigenvalue weighted by Gasteiger charge is -2.33. The second-order valence-electron chi connectivity index (χ2n) is 5.40. The fourth-order valence-corrected chi connectivity index (χ4v) is 3.47. The zero-order chi connectivity index (χ0) is 14.4. The van der Waals surface area contributed by atoms with Crippen molar-refractivity contribution in [3.05, 3.63) is 53.2 Å². The molecule has 1 aliphatic heterocycles. The van der Waals surface area contributed by atoms with E-state index in [1.807, 2.05) is 6.20 Å². The molecule has 1 N–H and O–H groups in total. The highest BCUT2D eigenvalue weighted by molar-refractivity contribution is 5.86. The van der Waals surface area contributed by atoms with Crippen molar-refractivity contribution in [3.63, 3.8) is 0 Å². The number of ether oxygens (including phenoxy) is 2. The Morgan fingerprint density at radius 1 is 1.14 bits per heavy atom. The molecule has 0 spiro atoms. The number of methoxy groups -OCH3 is 2. The maximum Gasteiger partial charge on any atom is 0.168 e. The summed E-state index contributed by atoms with van der Waals surface area (Å²) in [5.41, 5.74) is 6.28. The minimum atomic E-state index is 0. The first-order valence-electron chi connectivity index (χ1n) is 7.13. The first-order valence-corrected chi connectivity index (χ1v) is 7.13. The van der Waals surface area contributed by atoms with E-state index in [0.717, 1.165) is 23.5 Å².